The molecule has 1 unspecified atom stereocenters. The van der Waals surface area contributed by atoms with E-state index in [1.807, 2.05) is 12.1 Å². The number of nitrogens with one attached hydrogen (secondary N) is 1. The van der Waals surface area contributed by atoms with E-state index in [2.05, 4.69) is 9.88 Å². The Bertz CT molecular complexity index is 1120. The molecule has 1 aliphatic rings. The van der Waals surface area contributed by atoms with Gasteiger partial charge in [-0.05, 0) is 54.8 Å². The van der Waals surface area contributed by atoms with Crippen molar-refractivity contribution in [2.24, 2.45) is 5.92 Å². The van der Waals surface area contributed by atoms with Crippen LogP contribution in [0.4, 0.5) is 0 Å². The quantitative estimate of drug-likeness (QED) is 0.618. The maximum Gasteiger partial charge on any atom is 0.337 e. The van der Waals surface area contributed by atoms with Crippen molar-refractivity contribution in [1.29, 1.82) is 0 Å². The van der Waals surface area contributed by atoms with Crippen LogP contribution in [0.1, 0.15) is 22.3 Å². The largest absolute Gasteiger partial charge is 0.465 e. The molecular weight excluding hydrogens is 413 g/mol. The van der Waals surface area contributed by atoms with Crippen LogP contribution in [-0.4, -0.2) is 40.6 Å². The Labute approximate surface area is 178 Å². The molecule has 2 aromatic carbocycles. The Morgan fingerprint density at radius 2 is 2.07 bits per heavy atom. The number of nitrogens with zero attached hydrogens (tertiary/aromatic N) is 2. The van der Waals surface area contributed by atoms with E-state index in [-0.39, 0.29) is 5.69 Å². The highest BCUT2D eigenvalue weighted by Gasteiger charge is 2.25. The molecule has 0 radical (unpaired) electrons. The van der Waals surface area contributed by atoms with E-state index in [1.165, 1.54) is 7.11 Å². The monoisotopic (exact) mass is 433 g/mol. The number of imidazole rings is 1. The molecule has 0 aliphatic carbocycles. The maximum atomic E-state index is 12.5. The van der Waals surface area contributed by atoms with Crippen LogP contribution in [0, 0.1) is 5.92 Å². The lowest BCUT2D eigenvalue weighted by Crippen LogP contribution is -2.25. The number of esters is 1. The van der Waals surface area contributed by atoms with E-state index >= 15 is 0 Å². The van der Waals surface area contributed by atoms with Crippen LogP contribution < -0.4 is 5.69 Å². The first kappa shape index (κ1) is 20.0. The SMILES string of the molecule is COC(=O)c1ccc2[nH]c(=O)n(CC3CCN(Cc4ccc(Cl)cc4Cl)C3)c2c1. The summed E-state index contributed by atoms with van der Waals surface area (Å²) in [5.74, 6) is -0.0847. The van der Waals surface area contributed by atoms with E-state index in [1.54, 1.807) is 28.8 Å². The number of H-pyrrole nitrogens is 1. The number of carbonyl (C=O) groups excluding carboxylic acids is 1. The predicted octanol–water partition coefficient (Wildman–Crippen LogP) is 3.95. The van der Waals surface area contributed by atoms with Gasteiger partial charge in [0.15, 0.2) is 0 Å². The summed E-state index contributed by atoms with van der Waals surface area (Å²) in [6.07, 6.45) is 0.987. The molecule has 1 aromatic heterocycles. The number of carbonyl (C=O) groups is 1. The van der Waals surface area contributed by atoms with Crippen molar-refractivity contribution in [3.63, 3.8) is 0 Å². The van der Waals surface area contributed by atoms with Crippen LogP contribution in [0.5, 0.6) is 0 Å². The minimum Gasteiger partial charge on any atom is -0.465 e. The van der Waals surface area contributed by atoms with E-state index in [0.29, 0.717) is 33.6 Å². The molecule has 1 atom stereocenters. The van der Waals surface area contributed by atoms with Gasteiger partial charge >= 0.3 is 11.7 Å². The summed E-state index contributed by atoms with van der Waals surface area (Å²) in [7, 11) is 1.34. The number of benzene rings is 2. The predicted molar refractivity (Wildman–Crippen MR) is 114 cm³/mol. The molecule has 1 fully saturated rings. The molecule has 1 saturated heterocycles. The van der Waals surface area contributed by atoms with Crippen molar-refractivity contribution in [3.05, 3.63) is 68.1 Å². The molecule has 4 rings (SSSR count). The van der Waals surface area contributed by atoms with Gasteiger partial charge in [-0.15, -0.1) is 0 Å². The van der Waals surface area contributed by atoms with Gasteiger partial charge in [-0.2, -0.15) is 0 Å². The number of hydrogen-bond acceptors (Lipinski definition) is 4. The summed E-state index contributed by atoms with van der Waals surface area (Å²) >= 11 is 12.3. The number of fused-ring (bicyclic) bond motifs is 1. The highest BCUT2D eigenvalue weighted by atomic mass is 35.5. The first-order valence-corrected chi connectivity index (χ1v) is 10.2. The van der Waals surface area contributed by atoms with Crippen LogP contribution in [0.3, 0.4) is 0 Å². The van der Waals surface area contributed by atoms with Gasteiger partial charge in [-0.3, -0.25) is 9.47 Å². The molecular formula is C21H21Cl2N3O3. The average molecular weight is 434 g/mol. The summed E-state index contributed by atoms with van der Waals surface area (Å²) in [6.45, 7) is 3.15. The maximum absolute atomic E-state index is 12.5. The fourth-order valence-electron chi connectivity index (χ4n) is 3.93. The van der Waals surface area contributed by atoms with Crippen molar-refractivity contribution in [2.75, 3.05) is 20.2 Å². The third-order valence-electron chi connectivity index (χ3n) is 5.42. The van der Waals surface area contributed by atoms with Gasteiger partial charge in [0.25, 0.3) is 0 Å². The van der Waals surface area contributed by atoms with Crippen LogP contribution in [0.2, 0.25) is 10.0 Å². The van der Waals surface area contributed by atoms with E-state index in [4.69, 9.17) is 27.9 Å². The first-order chi connectivity index (χ1) is 13.9. The number of aromatic amines is 1. The second-order valence-electron chi connectivity index (χ2n) is 7.39. The average Bonchev–Trinajstić information content (AvgIpc) is 3.27. The smallest absolute Gasteiger partial charge is 0.337 e. The zero-order valence-electron chi connectivity index (χ0n) is 16.0. The summed E-state index contributed by atoms with van der Waals surface area (Å²) in [5, 5.41) is 1.30. The van der Waals surface area contributed by atoms with Gasteiger partial charge in [-0.1, -0.05) is 29.3 Å². The second kappa shape index (κ2) is 8.22. The Kier molecular flexibility index (Phi) is 5.67. The number of hydrogen-bond donors (Lipinski definition) is 1. The van der Waals surface area contributed by atoms with E-state index < -0.39 is 5.97 Å². The number of rotatable bonds is 5. The highest BCUT2D eigenvalue weighted by Crippen LogP contribution is 2.26. The minimum absolute atomic E-state index is 0.166. The zero-order chi connectivity index (χ0) is 20.5. The lowest BCUT2D eigenvalue weighted by atomic mass is 10.1. The summed E-state index contributed by atoms with van der Waals surface area (Å²) in [4.78, 5) is 29.5. The van der Waals surface area contributed by atoms with Crippen molar-refractivity contribution in [1.82, 2.24) is 14.5 Å². The molecule has 1 aliphatic heterocycles. The second-order valence-corrected chi connectivity index (χ2v) is 8.23. The van der Waals surface area contributed by atoms with E-state index in [9.17, 15) is 9.59 Å². The summed E-state index contributed by atoms with van der Waals surface area (Å²) in [6, 6.07) is 10.7. The summed E-state index contributed by atoms with van der Waals surface area (Å²) in [5.41, 5.74) is 2.74. The highest BCUT2D eigenvalue weighted by molar-refractivity contribution is 6.35. The van der Waals surface area contributed by atoms with Gasteiger partial charge in [0.1, 0.15) is 0 Å². The van der Waals surface area contributed by atoms with E-state index in [0.717, 1.165) is 37.1 Å². The van der Waals surface area contributed by atoms with Gasteiger partial charge < -0.3 is 9.72 Å². The lowest BCUT2D eigenvalue weighted by Gasteiger charge is -2.17. The van der Waals surface area contributed by atoms with Crippen molar-refractivity contribution < 1.29 is 9.53 Å². The Balaban J connectivity index is 1.50. The number of likely N-dealkylation sites (tertiary alicyclic amines) is 1. The molecule has 8 heteroatoms. The lowest BCUT2D eigenvalue weighted by molar-refractivity contribution is 0.0601. The minimum atomic E-state index is -0.418. The van der Waals surface area contributed by atoms with Gasteiger partial charge in [0.05, 0.1) is 23.7 Å². The molecule has 0 saturated carbocycles. The Morgan fingerprint density at radius 1 is 1.24 bits per heavy atom. The fourth-order valence-corrected chi connectivity index (χ4v) is 4.40. The fraction of sp³-hybridized carbons (Fsp3) is 0.333. The van der Waals surface area contributed by atoms with Crippen LogP contribution in [-0.2, 0) is 17.8 Å². The van der Waals surface area contributed by atoms with Crippen molar-refractivity contribution >= 4 is 40.2 Å². The standard InChI is InChI=1S/C21H21Cl2N3O3/c1-29-20(27)14-3-5-18-19(8-14)26(21(28)24-18)11-13-6-7-25(10-13)12-15-2-4-16(22)9-17(15)23/h2-5,8-9,13H,6-7,10-12H2,1H3,(H,24,28). The number of halogens is 2. The molecule has 0 spiro atoms. The van der Waals surface area contributed by atoms with Crippen molar-refractivity contribution in [2.45, 2.75) is 19.5 Å². The number of methoxy groups -OCH3 is 1. The Hall–Kier alpha value is -2.28. The molecule has 1 N–H and O–H groups in total. The number of aromatic nitrogens is 2. The van der Waals surface area contributed by atoms with Gasteiger partial charge in [0.2, 0.25) is 0 Å². The van der Waals surface area contributed by atoms with Gasteiger partial charge in [0, 0.05) is 29.7 Å². The van der Waals surface area contributed by atoms with Crippen molar-refractivity contribution in [3.8, 4) is 0 Å². The summed E-state index contributed by atoms with van der Waals surface area (Å²) < 4.78 is 6.50. The molecule has 152 valence electrons. The molecule has 6 nitrogen and oxygen atoms in total. The Morgan fingerprint density at radius 3 is 2.83 bits per heavy atom. The normalized spacial score (nSPS) is 17.1. The molecule has 29 heavy (non-hydrogen) atoms. The molecule has 0 bridgehead atoms. The molecule has 2 heterocycles. The van der Waals surface area contributed by atoms with Crippen LogP contribution >= 0.6 is 23.2 Å². The first-order valence-electron chi connectivity index (χ1n) is 9.42. The zero-order valence-corrected chi connectivity index (χ0v) is 17.5. The topological polar surface area (TPSA) is 67.3 Å². The third kappa shape index (κ3) is 4.20. The van der Waals surface area contributed by atoms with Crippen LogP contribution in [0.25, 0.3) is 11.0 Å². The molecule has 0 amide bonds. The van der Waals surface area contributed by atoms with Crippen LogP contribution in [0.15, 0.2) is 41.2 Å². The van der Waals surface area contributed by atoms with Gasteiger partial charge in [-0.25, -0.2) is 9.59 Å². The number of ether oxygens (including phenoxy) is 1. The molecule has 3 aromatic rings. The third-order valence-corrected chi connectivity index (χ3v) is 6.00.